The van der Waals surface area contributed by atoms with Crippen molar-refractivity contribution in [2.45, 2.75) is 33.7 Å². The lowest BCUT2D eigenvalue weighted by atomic mass is 10.3. The summed E-state index contributed by atoms with van der Waals surface area (Å²) in [6.07, 6.45) is 1.01. The highest BCUT2D eigenvalue weighted by Gasteiger charge is 2.06. The van der Waals surface area contributed by atoms with Crippen molar-refractivity contribution >= 4 is 17.0 Å². The Balaban J connectivity index is 2.19. The zero-order valence-electron chi connectivity index (χ0n) is 13.9. The molecule has 0 saturated heterocycles. The summed E-state index contributed by atoms with van der Waals surface area (Å²) < 4.78 is 28.9. The van der Waals surface area contributed by atoms with Crippen LogP contribution in [0.15, 0.2) is 28.6 Å². The molecule has 0 radical (unpaired) electrons. The van der Waals surface area contributed by atoms with E-state index in [2.05, 4.69) is 28.3 Å². The number of aromatic nitrogens is 1. The highest BCUT2D eigenvalue weighted by atomic mass is 32.1. The molecule has 6 heteroatoms. The van der Waals surface area contributed by atoms with Gasteiger partial charge in [0.25, 0.3) is 0 Å². The standard InChI is InChI=1S/C17H23F2N3S/c1-4-21(5-2)9-6-10-22-13(3)12-23-17(22)20-16-8-7-14(18)11-15(16)19/h7-8,11-12H,4-6,9-10H2,1-3H3. The Morgan fingerprint density at radius 2 is 1.96 bits per heavy atom. The van der Waals surface area contributed by atoms with Gasteiger partial charge in [0.05, 0.1) is 0 Å². The number of aryl methyl sites for hydroxylation is 1. The lowest BCUT2D eigenvalue weighted by molar-refractivity contribution is 0.292. The normalized spacial score (nSPS) is 12.3. The first-order valence-electron chi connectivity index (χ1n) is 7.92. The van der Waals surface area contributed by atoms with Crippen LogP contribution in [0.1, 0.15) is 26.0 Å². The summed E-state index contributed by atoms with van der Waals surface area (Å²) in [4.78, 5) is 7.48. The van der Waals surface area contributed by atoms with Crippen LogP contribution < -0.4 is 4.80 Å². The number of benzene rings is 1. The molecule has 1 aromatic carbocycles. The molecule has 0 saturated carbocycles. The van der Waals surface area contributed by atoms with E-state index in [1.807, 2.05) is 12.3 Å². The van der Waals surface area contributed by atoms with Crippen molar-refractivity contribution in [3.63, 3.8) is 0 Å². The lowest BCUT2D eigenvalue weighted by Gasteiger charge is -2.18. The van der Waals surface area contributed by atoms with E-state index in [1.165, 1.54) is 23.5 Å². The van der Waals surface area contributed by atoms with E-state index in [0.717, 1.165) is 49.2 Å². The summed E-state index contributed by atoms with van der Waals surface area (Å²) >= 11 is 1.48. The molecule has 0 amide bonds. The second kappa shape index (κ2) is 8.36. The van der Waals surface area contributed by atoms with E-state index in [0.29, 0.717) is 0 Å². The Morgan fingerprint density at radius 3 is 2.61 bits per heavy atom. The monoisotopic (exact) mass is 339 g/mol. The van der Waals surface area contributed by atoms with Crippen LogP contribution in [0, 0.1) is 18.6 Å². The van der Waals surface area contributed by atoms with E-state index < -0.39 is 11.6 Å². The van der Waals surface area contributed by atoms with Crippen molar-refractivity contribution in [1.82, 2.24) is 9.47 Å². The van der Waals surface area contributed by atoms with Gasteiger partial charge in [0.2, 0.25) is 0 Å². The molecule has 1 heterocycles. The Bertz CT molecular complexity index is 702. The minimum atomic E-state index is -0.634. The molecule has 0 fully saturated rings. The van der Waals surface area contributed by atoms with E-state index in [-0.39, 0.29) is 5.69 Å². The number of hydrogen-bond donors (Lipinski definition) is 0. The fourth-order valence-electron chi connectivity index (χ4n) is 2.44. The first-order valence-corrected chi connectivity index (χ1v) is 8.80. The maximum absolute atomic E-state index is 13.8. The van der Waals surface area contributed by atoms with Gasteiger partial charge in [0.15, 0.2) is 10.6 Å². The molecule has 0 atom stereocenters. The summed E-state index contributed by atoms with van der Waals surface area (Å²) in [6, 6.07) is 3.47. The zero-order valence-corrected chi connectivity index (χ0v) is 14.7. The number of nitrogens with zero attached hydrogens (tertiary/aromatic N) is 3. The fraction of sp³-hybridized carbons (Fsp3) is 0.471. The van der Waals surface area contributed by atoms with Crippen LogP contribution in [-0.2, 0) is 6.54 Å². The van der Waals surface area contributed by atoms with Crippen molar-refractivity contribution in [2.75, 3.05) is 19.6 Å². The Hall–Kier alpha value is -1.53. The number of halogens is 2. The van der Waals surface area contributed by atoms with Crippen molar-refractivity contribution < 1.29 is 8.78 Å². The molecule has 1 aromatic heterocycles. The lowest BCUT2D eigenvalue weighted by Crippen LogP contribution is -2.26. The van der Waals surface area contributed by atoms with Gasteiger partial charge < -0.3 is 9.47 Å². The van der Waals surface area contributed by atoms with E-state index in [4.69, 9.17) is 0 Å². The molecular formula is C17H23F2N3S. The molecular weight excluding hydrogens is 316 g/mol. The van der Waals surface area contributed by atoms with E-state index in [9.17, 15) is 8.78 Å². The van der Waals surface area contributed by atoms with Crippen LogP contribution in [0.5, 0.6) is 0 Å². The van der Waals surface area contributed by atoms with Crippen LogP contribution in [0.3, 0.4) is 0 Å². The van der Waals surface area contributed by atoms with Gasteiger partial charge >= 0.3 is 0 Å². The first-order chi connectivity index (χ1) is 11.0. The fourth-order valence-corrected chi connectivity index (χ4v) is 3.36. The maximum atomic E-state index is 13.8. The van der Waals surface area contributed by atoms with Gasteiger partial charge in [-0.1, -0.05) is 13.8 Å². The van der Waals surface area contributed by atoms with Crippen LogP contribution in [0.4, 0.5) is 14.5 Å². The molecule has 0 spiro atoms. The van der Waals surface area contributed by atoms with Crippen LogP contribution in [0.25, 0.3) is 0 Å². The molecule has 0 N–H and O–H groups in total. The highest BCUT2D eigenvalue weighted by Crippen LogP contribution is 2.18. The second-order valence-electron chi connectivity index (χ2n) is 5.40. The Labute approximate surface area is 139 Å². The average molecular weight is 339 g/mol. The summed E-state index contributed by atoms with van der Waals surface area (Å²) in [7, 11) is 0. The quantitative estimate of drug-likeness (QED) is 0.744. The van der Waals surface area contributed by atoms with Gasteiger partial charge in [0, 0.05) is 23.7 Å². The van der Waals surface area contributed by atoms with Gasteiger partial charge in [-0.05, 0) is 45.1 Å². The largest absolute Gasteiger partial charge is 0.321 e. The molecule has 126 valence electrons. The predicted molar refractivity (Wildman–Crippen MR) is 91.0 cm³/mol. The van der Waals surface area contributed by atoms with Crippen LogP contribution in [0.2, 0.25) is 0 Å². The molecule has 0 aliphatic heterocycles. The Morgan fingerprint density at radius 1 is 1.22 bits per heavy atom. The van der Waals surface area contributed by atoms with Crippen molar-refractivity contribution in [1.29, 1.82) is 0 Å². The van der Waals surface area contributed by atoms with Crippen molar-refractivity contribution in [2.24, 2.45) is 4.99 Å². The molecule has 3 nitrogen and oxygen atoms in total. The van der Waals surface area contributed by atoms with Crippen molar-refractivity contribution in [3.8, 4) is 0 Å². The summed E-state index contributed by atoms with van der Waals surface area (Å²) in [5, 5.41) is 2.01. The SMILES string of the molecule is CCN(CC)CCCn1c(C)csc1=Nc1ccc(F)cc1F. The van der Waals surface area contributed by atoms with Crippen LogP contribution >= 0.6 is 11.3 Å². The van der Waals surface area contributed by atoms with Crippen LogP contribution in [-0.4, -0.2) is 29.1 Å². The maximum Gasteiger partial charge on any atom is 0.190 e. The highest BCUT2D eigenvalue weighted by molar-refractivity contribution is 7.07. The number of thiazole rings is 1. The molecule has 0 aliphatic rings. The predicted octanol–water partition coefficient (Wildman–Crippen LogP) is 4.10. The van der Waals surface area contributed by atoms with E-state index in [1.54, 1.807) is 0 Å². The van der Waals surface area contributed by atoms with E-state index >= 15 is 0 Å². The first kappa shape index (κ1) is 17.8. The van der Waals surface area contributed by atoms with Crippen molar-refractivity contribution in [3.05, 3.63) is 45.7 Å². The third-order valence-corrected chi connectivity index (χ3v) is 4.85. The minimum absolute atomic E-state index is 0.172. The smallest absolute Gasteiger partial charge is 0.190 e. The topological polar surface area (TPSA) is 20.5 Å². The van der Waals surface area contributed by atoms with Gasteiger partial charge in [-0.3, -0.25) is 0 Å². The summed E-state index contributed by atoms with van der Waals surface area (Å²) in [5.74, 6) is -1.22. The zero-order chi connectivity index (χ0) is 16.8. The van der Waals surface area contributed by atoms with Gasteiger partial charge in [-0.2, -0.15) is 0 Å². The van der Waals surface area contributed by atoms with Gasteiger partial charge in [0.1, 0.15) is 11.5 Å². The third kappa shape index (κ3) is 4.72. The number of rotatable bonds is 7. The molecule has 2 aromatic rings. The molecule has 23 heavy (non-hydrogen) atoms. The Kier molecular flexibility index (Phi) is 6.47. The average Bonchev–Trinajstić information content (AvgIpc) is 2.87. The minimum Gasteiger partial charge on any atom is -0.321 e. The summed E-state index contributed by atoms with van der Waals surface area (Å²) in [5.41, 5.74) is 1.28. The molecule has 0 aliphatic carbocycles. The second-order valence-corrected chi connectivity index (χ2v) is 6.24. The molecule has 0 unspecified atom stereocenters. The third-order valence-electron chi connectivity index (χ3n) is 3.87. The number of hydrogen-bond acceptors (Lipinski definition) is 3. The molecule has 0 bridgehead atoms. The summed E-state index contributed by atoms with van der Waals surface area (Å²) in [6.45, 7) is 10.3. The van der Waals surface area contributed by atoms with Gasteiger partial charge in [-0.15, -0.1) is 11.3 Å². The molecule has 2 rings (SSSR count). The van der Waals surface area contributed by atoms with Gasteiger partial charge in [-0.25, -0.2) is 13.8 Å².